The van der Waals surface area contributed by atoms with Gasteiger partial charge < -0.3 is 15.7 Å². The first-order valence-corrected chi connectivity index (χ1v) is 5.75. The van der Waals surface area contributed by atoms with Crippen LogP contribution in [-0.2, 0) is 6.61 Å². The molecule has 2 aromatic carbocycles. The average molecular weight is 278 g/mol. The van der Waals surface area contributed by atoms with Gasteiger partial charge in [0.25, 0.3) is 0 Å². The topological polar surface area (TPSA) is 67.8 Å². The molecule has 2 rings (SSSR count). The van der Waals surface area contributed by atoms with Gasteiger partial charge in [0.15, 0.2) is 5.84 Å². The molecule has 104 valence electrons. The van der Waals surface area contributed by atoms with Crippen molar-refractivity contribution in [2.45, 2.75) is 6.61 Å². The third-order valence-corrected chi connectivity index (χ3v) is 2.68. The maximum Gasteiger partial charge on any atom is 0.170 e. The van der Waals surface area contributed by atoms with E-state index in [-0.39, 0.29) is 18.0 Å². The second-order valence-corrected chi connectivity index (χ2v) is 4.00. The highest BCUT2D eigenvalue weighted by Gasteiger charge is 2.09. The predicted molar refractivity (Wildman–Crippen MR) is 69.6 cm³/mol. The van der Waals surface area contributed by atoms with Crippen molar-refractivity contribution in [1.29, 1.82) is 0 Å². The van der Waals surface area contributed by atoms with Crippen LogP contribution in [0, 0.1) is 11.6 Å². The van der Waals surface area contributed by atoms with E-state index in [1.54, 1.807) is 18.2 Å². The molecule has 0 amide bonds. The molecular formula is C14H12F2N2O2. The minimum atomic E-state index is -0.669. The molecule has 0 aromatic heterocycles. The summed E-state index contributed by atoms with van der Waals surface area (Å²) in [5.74, 6) is -1.06. The lowest BCUT2D eigenvalue weighted by Gasteiger charge is -2.09. The molecule has 0 aliphatic heterocycles. The fraction of sp³-hybridized carbons (Fsp3) is 0.0714. The molecule has 0 aliphatic carbocycles. The molecule has 2 aromatic rings. The standard InChI is InChI=1S/C14H12F2N2O2/c15-12-5-2-6-13(16)11(12)8-20-10-4-1-3-9(7-10)14(17)18-19/h1-7,19H,8H2,(H2,17,18). The van der Waals surface area contributed by atoms with Gasteiger partial charge in [-0.15, -0.1) is 0 Å². The molecule has 0 saturated carbocycles. The van der Waals surface area contributed by atoms with Crippen LogP contribution in [0.5, 0.6) is 5.75 Å². The summed E-state index contributed by atoms with van der Waals surface area (Å²) in [6, 6.07) is 9.96. The van der Waals surface area contributed by atoms with Crippen LogP contribution in [0.15, 0.2) is 47.6 Å². The van der Waals surface area contributed by atoms with Gasteiger partial charge in [0.2, 0.25) is 0 Å². The van der Waals surface area contributed by atoms with Crippen LogP contribution in [0.3, 0.4) is 0 Å². The number of hydrogen-bond donors (Lipinski definition) is 2. The SMILES string of the molecule is N/C(=N/O)c1cccc(OCc2c(F)cccc2F)c1. The first kappa shape index (κ1) is 13.8. The fourth-order valence-electron chi connectivity index (χ4n) is 1.63. The average Bonchev–Trinajstić information content (AvgIpc) is 2.46. The second kappa shape index (κ2) is 6.01. The summed E-state index contributed by atoms with van der Waals surface area (Å²) >= 11 is 0. The number of hydrogen-bond acceptors (Lipinski definition) is 3. The molecule has 0 radical (unpaired) electrons. The van der Waals surface area contributed by atoms with Gasteiger partial charge in [0, 0.05) is 5.56 Å². The van der Waals surface area contributed by atoms with Crippen LogP contribution >= 0.6 is 0 Å². The van der Waals surface area contributed by atoms with Gasteiger partial charge in [0.05, 0.1) is 5.56 Å². The Hall–Kier alpha value is -2.63. The molecule has 0 atom stereocenters. The molecule has 0 aliphatic rings. The number of rotatable bonds is 4. The minimum absolute atomic E-state index is 0.0764. The molecule has 3 N–H and O–H groups in total. The fourth-order valence-corrected chi connectivity index (χ4v) is 1.63. The van der Waals surface area contributed by atoms with E-state index in [1.807, 2.05) is 0 Å². The lowest BCUT2D eigenvalue weighted by molar-refractivity contribution is 0.292. The Morgan fingerprint density at radius 1 is 1.15 bits per heavy atom. The summed E-state index contributed by atoms with van der Waals surface area (Å²) in [6.45, 7) is -0.252. The number of benzene rings is 2. The van der Waals surface area contributed by atoms with Gasteiger partial charge in [-0.2, -0.15) is 0 Å². The predicted octanol–water partition coefficient (Wildman–Crippen LogP) is 2.64. The van der Waals surface area contributed by atoms with Crippen LogP contribution in [-0.4, -0.2) is 11.0 Å². The van der Waals surface area contributed by atoms with Crippen LogP contribution in [0.2, 0.25) is 0 Å². The molecule has 0 saturated heterocycles. The van der Waals surface area contributed by atoms with E-state index in [4.69, 9.17) is 15.7 Å². The lowest BCUT2D eigenvalue weighted by Crippen LogP contribution is -2.13. The Morgan fingerprint density at radius 3 is 2.45 bits per heavy atom. The van der Waals surface area contributed by atoms with Crippen LogP contribution in [0.4, 0.5) is 8.78 Å². The zero-order chi connectivity index (χ0) is 14.5. The highest BCUT2D eigenvalue weighted by Crippen LogP contribution is 2.18. The smallest absolute Gasteiger partial charge is 0.170 e. The third-order valence-electron chi connectivity index (χ3n) is 2.68. The number of oxime groups is 1. The van der Waals surface area contributed by atoms with Crippen molar-refractivity contribution in [2.75, 3.05) is 0 Å². The van der Waals surface area contributed by atoms with Gasteiger partial charge in [-0.05, 0) is 24.3 Å². The van der Waals surface area contributed by atoms with E-state index in [0.717, 1.165) is 12.1 Å². The van der Waals surface area contributed by atoms with Gasteiger partial charge in [-0.1, -0.05) is 23.4 Å². The van der Waals surface area contributed by atoms with Crippen molar-refractivity contribution >= 4 is 5.84 Å². The van der Waals surface area contributed by atoms with E-state index >= 15 is 0 Å². The molecule has 0 fully saturated rings. The lowest BCUT2D eigenvalue weighted by atomic mass is 10.2. The normalized spacial score (nSPS) is 11.4. The third kappa shape index (κ3) is 3.03. The molecule has 0 spiro atoms. The van der Waals surface area contributed by atoms with Crippen molar-refractivity contribution in [1.82, 2.24) is 0 Å². The molecule has 20 heavy (non-hydrogen) atoms. The number of amidine groups is 1. The summed E-state index contributed by atoms with van der Waals surface area (Å²) in [6.07, 6.45) is 0. The largest absolute Gasteiger partial charge is 0.489 e. The maximum atomic E-state index is 13.4. The Bertz CT molecular complexity index is 625. The van der Waals surface area contributed by atoms with E-state index in [9.17, 15) is 8.78 Å². The molecule has 0 unspecified atom stereocenters. The highest BCUT2D eigenvalue weighted by atomic mass is 19.1. The molecular weight excluding hydrogens is 266 g/mol. The van der Waals surface area contributed by atoms with Crippen molar-refractivity contribution < 1.29 is 18.7 Å². The maximum absolute atomic E-state index is 13.4. The summed E-state index contributed by atoms with van der Waals surface area (Å²) in [5, 5.41) is 11.4. The van der Waals surface area contributed by atoms with Crippen molar-refractivity contribution in [2.24, 2.45) is 10.9 Å². The molecule has 6 heteroatoms. The first-order chi connectivity index (χ1) is 9.61. The Labute approximate surface area is 114 Å². The summed E-state index contributed by atoms with van der Waals surface area (Å²) in [5.41, 5.74) is 5.74. The number of nitrogens with two attached hydrogens (primary N) is 1. The van der Waals surface area contributed by atoms with Crippen molar-refractivity contribution in [3.05, 3.63) is 65.2 Å². The van der Waals surface area contributed by atoms with Gasteiger partial charge in [-0.25, -0.2) is 8.78 Å². The van der Waals surface area contributed by atoms with E-state index in [0.29, 0.717) is 11.3 Å². The molecule has 0 bridgehead atoms. The second-order valence-electron chi connectivity index (χ2n) is 4.00. The van der Waals surface area contributed by atoms with Crippen LogP contribution in [0.1, 0.15) is 11.1 Å². The van der Waals surface area contributed by atoms with E-state index < -0.39 is 11.6 Å². The minimum Gasteiger partial charge on any atom is -0.489 e. The Morgan fingerprint density at radius 2 is 1.80 bits per heavy atom. The van der Waals surface area contributed by atoms with Crippen molar-refractivity contribution in [3.63, 3.8) is 0 Å². The number of nitrogens with zero attached hydrogens (tertiary/aromatic N) is 1. The zero-order valence-corrected chi connectivity index (χ0v) is 10.4. The Balaban J connectivity index is 2.15. The summed E-state index contributed by atoms with van der Waals surface area (Å²) in [4.78, 5) is 0. The molecule has 0 heterocycles. The quantitative estimate of drug-likeness (QED) is 0.391. The van der Waals surface area contributed by atoms with Gasteiger partial charge >= 0.3 is 0 Å². The van der Waals surface area contributed by atoms with Gasteiger partial charge in [0.1, 0.15) is 24.0 Å². The van der Waals surface area contributed by atoms with Crippen LogP contribution in [0.25, 0.3) is 0 Å². The highest BCUT2D eigenvalue weighted by molar-refractivity contribution is 5.97. The summed E-state index contributed by atoms with van der Waals surface area (Å²) in [7, 11) is 0. The van der Waals surface area contributed by atoms with E-state index in [2.05, 4.69) is 5.16 Å². The van der Waals surface area contributed by atoms with E-state index in [1.165, 1.54) is 12.1 Å². The Kier molecular flexibility index (Phi) is 4.14. The van der Waals surface area contributed by atoms with Crippen LogP contribution < -0.4 is 10.5 Å². The zero-order valence-electron chi connectivity index (χ0n) is 10.4. The molecule has 4 nitrogen and oxygen atoms in total. The summed E-state index contributed by atoms with van der Waals surface area (Å²) < 4.78 is 32.2. The first-order valence-electron chi connectivity index (χ1n) is 5.75. The monoisotopic (exact) mass is 278 g/mol. The van der Waals surface area contributed by atoms with Crippen molar-refractivity contribution in [3.8, 4) is 5.75 Å². The number of halogens is 2. The van der Waals surface area contributed by atoms with Gasteiger partial charge in [-0.3, -0.25) is 0 Å². The number of ether oxygens (including phenoxy) is 1.